The second-order valence-electron chi connectivity index (χ2n) is 8.73. The molecule has 0 aromatic carbocycles. The van der Waals surface area contributed by atoms with Gasteiger partial charge >= 0.3 is 0 Å². The molecule has 2 N–H and O–H groups in total. The van der Waals surface area contributed by atoms with Gasteiger partial charge in [-0.05, 0) is 87.9 Å². The van der Waals surface area contributed by atoms with Gasteiger partial charge in [-0.25, -0.2) is 19.9 Å². The molecule has 0 aliphatic carbocycles. The molecule has 224 valence electrons. The molecule has 8 nitrogen and oxygen atoms in total. The highest BCUT2D eigenvalue weighted by molar-refractivity contribution is 5.74. The van der Waals surface area contributed by atoms with Crippen molar-refractivity contribution in [2.24, 2.45) is 10.2 Å². The zero-order valence-electron chi connectivity index (χ0n) is 25.9. The maximum atomic E-state index is 4.66. The third-order valence-electron chi connectivity index (χ3n) is 5.63. The van der Waals surface area contributed by atoms with E-state index in [2.05, 4.69) is 67.1 Å². The van der Waals surface area contributed by atoms with Crippen LogP contribution < -0.4 is 10.6 Å². The highest BCUT2D eigenvalue weighted by Gasteiger charge is 2.07. The molecular formula is C36H40N8. The SMILES string of the molecule is C=C/C=C(\C=C/C)Nc1nccc(/C(C=C)=C/C(=C\C)/N=N\C(C=C)=C\C(=C/C)c2ccnc(NC(/C=C\C)=C/C=C)n2)n1. The molecular weight excluding hydrogens is 544 g/mol. The molecule has 0 amide bonds. The van der Waals surface area contributed by atoms with E-state index in [1.165, 1.54) is 0 Å². The summed E-state index contributed by atoms with van der Waals surface area (Å²) in [4.78, 5) is 18.0. The van der Waals surface area contributed by atoms with Crippen LogP contribution in [0.2, 0.25) is 0 Å². The Hall–Kier alpha value is -5.76. The molecule has 2 rings (SSSR count). The van der Waals surface area contributed by atoms with E-state index in [4.69, 9.17) is 0 Å². The first-order valence-corrected chi connectivity index (χ1v) is 14.0. The molecule has 2 aromatic heterocycles. The van der Waals surface area contributed by atoms with E-state index in [-0.39, 0.29) is 0 Å². The molecule has 0 saturated carbocycles. The first kappa shape index (κ1) is 34.4. The van der Waals surface area contributed by atoms with Gasteiger partial charge in [-0.1, -0.05) is 68.8 Å². The van der Waals surface area contributed by atoms with Gasteiger partial charge < -0.3 is 10.6 Å². The van der Waals surface area contributed by atoms with Crippen LogP contribution >= 0.6 is 0 Å². The van der Waals surface area contributed by atoms with E-state index in [9.17, 15) is 0 Å². The van der Waals surface area contributed by atoms with E-state index in [1.807, 2.05) is 101 Å². The largest absolute Gasteiger partial charge is 0.324 e. The number of anilines is 2. The predicted molar refractivity (Wildman–Crippen MR) is 186 cm³/mol. The second kappa shape index (κ2) is 19.4. The molecule has 0 fully saturated rings. The third kappa shape index (κ3) is 11.3. The van der Waals surface area contributed by atoms with E-state index in [0.717, 1.165) is 22.5 Å². The predicted octanol–water partition coefficient (Wildman–Crippen LogP) is 9.48. The maximum Gasteiger partial charge on any atom is 0.227 e. The second-order valence-corrected chi connectivity index (χ2v) is 8.73. The minimum absolute atomic E-state index is 0.443. The van der Waals surface area contributed by atoms with Crippen LogP contribution in [0.4, 0.5) is 11.9 Å². The van der Waals surface area contributed by atoms with Crippen molar-refractivity contribution in [2.45, 2.75) is 27.7 Å². The minimum Gasteiger partial charge on any atom is -0.324 e. The summed E-state index contributed by atoms with van der Waals surface area (Å²) in [5.41, 5.74) is 5.78. The lowest BCUT2D eigenvalue weighted by Gasteiger charge is -2.08. The van der Waals surface area contributed by atoms with Gasteiger partial charge in [0.15, 0.2) is 0 Å². The van der Waals surface area contributed by atoms with Crippen LogP contribution in [0.15, 0.2) is 169 Å². The van der Waals surface area contributed by atoms with Gasteiger partial charge in [0.1, 0.15) is 0 Å². The fourth-order valence-corrected chi connectivity index (χ4v) is 3.58. The Morgan fingerprint density at radius 2 is 1.18 bits per heavy atom. The molecule has 0 unspecified atom stereocenters. The Morgan fingerprint density at radius 3 is 1.61 bits per heavy atom. The summed E-state index contributed by atoms with van der Waals surface area (Å²) in [6.07, 6.45) is 29.0. The van der Waals surface area contributed by atoms with Crippen LogP contribution in [0.5, 0.6) is 0 Å². The van der Waals surface area contributed by atoms with Crippen LogP contribution in [0.1, 0.15) is 39.1 Å². The smallest absolute Gasteiger partial charge is 0.227 e. The minimum atomic E-state index is 0.443. The molecule has 0 atom stereocenters. The molecule has 0 bridgehead atoms. The zero-order chi connectivity index (χ0) is 32.2. The van der Waals surface area contributed by atoms with E-state index in [0.29, 0.717) is 34.7 Å². The van der Waals surface area contributed by atoms with Crippen molar-refractivity contribution < 1.29 is 0 Å². The number of aromatic nitrogens is 4. The quantitative estimate of drug-likeness (QED) is 0.151. The Morgan fingerprint density at radius 1 is 0.659 bits per heavy atom. The molecule has 0 aliphatic heterocycles. The summed E-state index contributed by atoms with van der Waals surface area (Å²) < 4.78 is 0. The molecule has 2 heterocycles. The molecule has 0 saturated heterocycles. The lowest BCUT2D eigenvalue weighted by molar-refractivity contribution is 1.11. The summed E-state index contributed by atoms with van der Waals surface area (Å²) in [5.74, 6) is 0.901. The number of nitrogens with zero attached hydrogens (tertiary/aromatic N) is 6. The topological polar surface area (TPSA) is 100 Å². The maximum absolute atomic E-state index is 4.66. The summed E-state index contributed by atoms with van der Waals surface area (Å²) in [6.45, 7) is 23.1. The summed E-state index contributed by atoms with van der Waals surface area (Å²) in [5, 5.41) is 15.3. The average Bonchev–Trinajstić information content (AvgIpc) is 3.03. The lowest BCUT2D eigenvalue weighted by atomic mass is 10.1. The van der Waals surface area contributed by atoms with Gasteiger partial charge in [-0.2, -0.15) is 10.2 Å². The number of azo groups is 1. The Bertz CT molecular complexity index is 1610. The van der Waals surface area contributed by atoms with Gasteiger partial charge in [-0.15, -0.1) is 0 Å². The molecule has 0 aliphatic rings. The van der Waals surface area contributed by atoms with E-state index >= 15 is 0 Å². The zero-order valence-corrected chi connectivity index (χ0v) is 25.9. The van der Waals surface area contributed by atoms with Crippen molar-refractivity contribution in [1.29, 1.82) is 0 Å². The highest BCUT2D eigenvalue weighted by atomic mass is 15.1. The van der Waals surface area contributed by atoms with Gasteiger partial charge in [0, 0.05) is 29.4 Å². The standard InChI is InChI=1S/C36H40N8/c1-9-17-31(18-10-2)39-35-37-23-21-33(41-35)27(13-5)25-29(15-7)43-44-30(16-8)26-28(14-6)34-22-24-38-36(42-34)40-32(19-11-3)20-12-4/h9-26H,1,3,5,8H2,2,4,6-7H3,(H,37,39,41)(H,38,40,42)/b18-10-,20-12-,27-25+,28-14+,29-15+,30-26+,31-17+,32-19+,44-43-. The number of hydrogen-bond acceptors (Lipinski definition) is 8. The fourth-order valence-electron chi connectivity index (χ4n) is 3.58. The molecule has 0 radical (unpaired) electrons. The van der Waals surface area contributed by atoms with E-state index in [1.54, 1.807) is 36.7 Å². The van der Waals surface area contributed by atoms with Crippen LogP contribution in [-0.2, 0) is 0 Å². The first-order chi connectivity index (χ1) is 21.4. The van der Waals surface area contributed by atoms with E-state index < -0.39 is 0 Å². The number of allylic oxidation sites excluding steroid dienone is 16. The Kier molecular flexibility index (Phi) is 15.2. The Balaban J connectivity index is 2.34. The summed E-state index contributed by atoms with van der Waals surface area (Å²) >= 11 is 0. The van der Waals surface area contributed by atoms with Crippen LogP contribution in [0.25, 0.3) is 11.1 Å². The van der Waals surface area contributed by atoms with Crippen molar-refractivity contribution in [3.05, 3.63) is 170 Å². The lowest BCUT2D eigenvalue weighted by Crippen LogP contribution is -2.03. The molecule has 2 aromatic rings. The van der Waals surface area contributed by atoms with Crippen molar-refractivity contribution >= 4 is 23.0 Å². The van der Waals surface area contributed by atoms with Crippen molar-refractivity contribution in [3.8, 4) is 0 Å². The van der Waals surface area contributed by atoms with Crippen LogP contribution in [0, 0.1) is 0 Å². The third-order valence-corrected chi connectivity index (χ3v) is 5.63. The summed E-state index contributed by atoms with van der Waals surface area (Å²) in [6, 6.07) is 3.64. The average molecular weight is 585 g/mol. The van der Waals surface area contributed by atoms with Crippen LogP contribution in [0.3, 0.4) is 0 Å². The number of rotatable bonds is 16. The number of nitrogens with one attached hydrogen (secondary N) is 2. The van der Waals surface area contributed by atoms with Gasteiger partial charge in [0.25, 0.3) is 0 Å². The monoisotopic (exact) mass is 584 g/mol. The number of hydrogen-bond donors (Lipinski definition) is 2. The van der Waals surface area contributed by atoms with Gasteiger partial charge in [0.05, 0.1) is 22.8 Å². The van der Waals surface area contributed by atoms with Gasteiger partial charge in [-0.3, -0.25) is 0 Å². The fraction of sp³-hybridized carbons (Fsp3) is 0.111. The normalized spacial score (nSPS) is 13.9. The molecule has 44 heavy (non-hydrogen) atoms. The molecule has 0 spiro atoms. The Labute approximate surface area is 261 Å². The first-order valence-electron chi connectivity index (χ1n) is 14.0. The molecule has 8 heteroatoms. The summed E-state index contributed by atoms with van der Waals surface area (Å²) in [7, 11) is 0. The van der Waals surface area contributed by atoms with Crippen molar-refractivity contribution in [1.82, 2.24) is 19.9 Å². The van der Waals surface area contributed by atoms with Crippen molar-refractivity contribution in [3.63, 3.8) is 0 Å². The van der Waals surface area contributed by atoms with Gasteiger partial charge in [0.2, 0.25) is 11.9 Å². The van der Waals surface area contributed by atoms with Crippen LogP contribution in [-0.4, -0.2) is 19.9 Å². The van der Waals surface area contributed by atoms with Crippen molar-refractivity contribution in [2.75, 3.05) is 10.6 Å². The highest BCUT2D eigenvalue weighted by Crippen LogP contribution is 2.21.